The summed E-state index contributed by atoms with van der Waals surface area (Å²) in [6, 6.07) is 13.0. The van der Waals surface area contributed by atoms with Crippen LogP contribution in [0.15, 0.2) is 54.7 Å². The molecule has 0 aliphatic rings. The maximum atomic E-state index is 12.4. The molecule has 10 heteroatoms. The molecule has 0 aliphatic heterocycles. The lowest BCUT2D eigenvalue weighted by Crippen LogP contribution is -2.32. The van der Waals surface area contributed by atoms with Crippen molar-refractivity contribution in [3.8, 4) is 17.2 Å². The summed E-state index contributed by atoms with van der Waals surface area (Å²) in [5.74, 6) is 0.548. The molecular formula is C23H26N4O6. The van der Waals surface area contributed by atoms with Crippen LogP contribution >= 0.6 is 0 Å². The number of amides is 2. The number of methoxy groups -OCH3 is 2. The van der Waals surface area contributed by atoms with Crippen LogP contribution in [0.4, 0.5) is 10.5 Å². The van der Waals surface area contributed by atoms with Crippen molar-refractivity contribution < 1.29 is 28.9 Å². The number of carbonyl (C=O) groups excluding carboxylic acids is 2. The fraction of sp³-hybridized carbons (Fsp3) is 0.261. The molecule has 0 spiro atoms. The van der Waals surface area contributed by atoms with E-state index in [0.29, 0.717) is 28.4 Å². The largest absolute Gasteiger partial charge is 0.497 e. The van der Waals surface area contributed by atoms with Gasteiger partial charge in [-0.05, 0) is 49.4 Å². The summed E-state index contributed by atoms with van der Waals surface area (Å²) >= 11 is 0. The molecule has 3 rings (SSSR count). The van der Waals surface area contributed by atoms with E-state index in [1.54, 1.807) is 61.7 Å². The third-order valence-electron chi connectivity index (χ3n) is 4.69. The number of nitrogens with zero attached hydrogens (tertiary/aromatic N) is 2. The number of hydrogen-bond acceptors (Lipinski definition) is 7. The number of rotatable bonds is 9. The summed E-state index contributed by atoms with van der Waals surface area (Å²) < 4.78 is 16.9. The third-order valence-corrected chi connectivity index (χ3v) is 4.69. The number of anilines is 1. The van der Waals surface area contributed by atoms with Gasteiger partial charge in [0.1, 0.15) is 17.6 Å². The molecule has 0 saturated carbocycles. The highest BCUT2D eigenvalue weighted by Gasteiger charge is 2.16. The molecule has 10 nitrogen and oxygen atoms in total. The van der Waals surface area contributed by atoms with E-state index in [-0.39, 0.29) is 18.8 Å². The smallest absolute Gasteiger partial charge is 0.358 e. The first-order valence-corrected chi connectivity index (χ1v) is 10.2. The zero-order valence-electron chi connectivity index (χ0n) is 18.6. The lowest BCUT2D eigenvalue weighted by Gasteiger charge is -2.17. The van der Waals surface area contributed by atoms with Crippen LogP contribution in [-0.2, 0) is 4.74 Å². The summed E-state index contributed by atoms with van der Waals surface area (Å²) in [6.07, 6.45) is 0.626. The molecule has 0 saturated heterocycles. The summed E-state index contributed by atoms with van der Waals surface area (Å²) in [6.45, 7) is 1.94. The van der Waals surface area contributed by atoms with Crippen molar-refractivity contribution >= 4 is 17.7 Å². The average Bonchev–Trinajstić information content (AvgIpc) is 3.33. The van der Waals surface area contributed by atoms with Crippen molar-refractivity contribution in [3.05, 3.63) is 66.0 Å². The normalized spacial score (nSPS) is 11.4. The molecule has 2 aromatic carbocycles. The first-order valence-electron chi connectivity index (χ1n) is 10.2. The minimum absolute atomic E-state index is 0.0445. The molecule has 1 unspecified atom stereocenters. The highest BCUT2D eigenvalue weighted by atomic mass is 16.5. The Morgan fingerprint density at radius 1 is 1.12 bits per heavy atom. The Bertz CT molecular complexity index is 1110. The second kappa shape index (κ2) is 11.0. The van der Waals surface area contributed by atoms with Crippen LogP contribution in [0, 0.1) is 0 Å². The Morgan fingerprint density at radius 3 is 2.67 bits per heavy atom. The van der Waals surface area contributed by atoms with E-state index in [4.69, 9.17) is 14.2 Å². The topological polar surface area (TPSA) is 124 Å². The number of benzene rings is 2. The van der Waals surface area contributed by atoms with Crippen molar-refractivity contribution in [2.24, 2.45) is 0 Å². The van der Waals surface area contributed by atoms with Gasteiger partial charge in [0.15, 0.2) is 5.69 Å². The minimum atomic E-state index is -1.00. The van der Waals surface area contributed by atoms with Crippen molar-refractivity contribution in [3.63, 3.8) is 0 Å². The predicted molar refractivity (Wildman–Crippen MR) is 121 cm³/mol. The van der Waals surface area contributed by atoms with Crippen LogP contribution in [0.25, 0.3) is 5.69 Å². The van der Waals surface area contributed by atoms with E-state index >= 15 is 0 Å². The molecule has 0 aliphatic carbocycles. The monoisotopic (exact) mass is 454 g/mol. The number of aliphatic hydroxyl groups excluding tert-OH is 1. The highest BCUT2D eigenvalue weighted by Crippen LogP contribution is 2.29. The molecule has 0 radical (unpaired) electrons. The second-order valence-electron chi connectivity index (χ2n) is 6.88. The number of carbonyl (C=O) groups is 2. The van der Waals surface area contributed by atoms with Gasteiger partial charge in [-0.15, -0.1) is 0 Å². The lowest BCUT2D eigenvalue weighted by molar-refractivity contribution is 0.0519. The van der Waals surface area contributed by atoms with Crippen LogP contribution in [-0.4, -0.2) is 54.3 Å². The molecule has 0 bridgehead atoms. The maximum Gasteiger partial charge on any atom is 0.358 e. The van der Waals surface area contributed by atoms with Gasteiger partial charge < -0.3 is 30.0 Å². The van der Waals surface area contributed by atoms with E-state index in [1.807, 2.05) is 0 Å². The van der Waals surface area contributed by atoms with E-state index in [1.165, 1.54) is 18.9 Å². The maximum absolute atomic E-state index is 12.4. The molecular weight excluding hydrogens is 428 g/mol. The van der Waals surface area contributed by atoms with Crippen molar-refractivity contribution in [1.29, 1.82) is 0 Å². The Kier molecular flexibility index (Phi) is 7.87. The Labute approximate surface area is 191 Å². The van der Waals surface area contributed by atoms with E-state index in [9.17, 15) is 14.7 Å². The molecule has 1 heterocycles. The van der Waals surface area contributed by atoms with Gasteiger partial charge in [0.05, 0.1) is 26.5 Å². The van der Waals surface area contributed by atoms with Crippen LogP contribution in [0.5, 0.6) is 11.5 Å². The Hall–Kier alpha value is -4.05. The highest BCUT2D eigenvalue weighted by molar-refractivity contribution is 5.89. The molecule has 2 amide bonds. The van der Waals surface area contributed by atoms with Gasteiger partial charge >= 0.3 is 12.0 Å². The Morgan fingerprint density at radius 2 is 1.94 bits per heavy atom. The second-order valence-corrected chi connectivity index (χ2v) is 6.88. The number of aromatic nitrogens is 2. The minimum Gasteiger partial charge on any atom is -0.497 e. The molecule has 1 atom stereocenters. The van der Waals surface area contributed by atoms with E-state index < -0.39 is 18.1 Å². The number of esters is 1. The Balaban J connectivity index is 1.62. The quantitative estimate of drug-likeness (QED) is 0.425. The van der Waals surface area contributed by atoms with Crippen molar-refractivity contribution in [2.45, 2.75) is 13.0 Å². The van der Waals surface area contributed by atoms with Crippen LogP contribution in [0.1, 0.15) is 29.1 Å². The lowest BCUT2D eigenvalue weighted by atomic mass is 10.1. The van der Waals surface area contributed by atoms with Gasteiger partial charge in [0, 0.05) is 24.0 Å². The average molecular weight is 454 g/mol. The van der Waals surface area contributed by atoms with Crippen molar-refractivity contribution in [2.75, 3.05) is 32.7 Å². The number of aliphatic hydroxyl groups is 1. The number of hydrogen-bond donors (Lipinski definition) is 3. The fourth-order valence-corrected chi connectivity index (χ4v) is 3.08. The van der Waals surface area contributed by atoms with Crippen molar-refractivity contribution in [1.82, 2.24) is 15.1 Å². The first-order chi connectivity index (χ1) is 15.9. The molecule has 1 aromatic heterocycles. The van der Waals surface area contributed by atoms with Gasteiger partial charge in [-0.25, -0.2) is 14.3 Å². The van der Waals surface area contributed by atoms with Gasteiger partial charge in [0.25, 0.3) is 0 Å². The van der Waals surface area contributed by atoms with Gasteiger partial charge in [-0.3, -0.25) is 0 Å². The zero-order chi connectivity index (χ0) is 23.8. The molecule has 0 fully saturated rings. The van der Waals surface area contributed by atoms with Gasteiger partial charge in [0.2, 0.25) is 0 Å². The number of urea groups is 1. The first kappa shape index (κ1) is 23.6. The number of ether oxygens (including phenoxy) is 3. The van der Waals surface area contributed by atoms with Crippen LogP contribution in [0.3, 0.4) is 0 Å². The standard InChI is InChI=1S/C23H26N4O6/c1-4-33-22(29)19-10-11-27(26-19)16-7-5-6-15(12-16)25-23(30)24-14-20(28)18-13-17(31-2)8-9-21(18)32-3/h5-13,20,28H,4,14H2,1-3H3,(H2,24,25,30). The summed E-state index contributed by atoms with van der Waals surface area (Å²) in [5.41, 5.74) is 1.83. The summed E-state index contributed by atoms with van der Waals surface area (Å²) in [4.78, 5) is 24.2. The van der Waals surface area contributed by atoms with E-state index in [0.717, 1.165) is 0 Å². The van der Waals surface area contributed by atoms with Crippen LogP contribution < -0.4 is 20.1 Å². The van der Waals surface area contributed by atoms with Gasteiger partial charge in [-0.2, -0.15) is 5.10 Å². The van der Waals surface area contributed by atoms with Gasteiger partial charge in [-0.1, -0.05) is 6.07 Å². The zero-order valence-corrected chi connectivity index (χ0v) is 18.6. The molecule has 3 N–H and O–H groups in total. The fourth-order valence-electron chi connectivity index (χ4n) is 3.08. The number of nitrogens with one attached hydrogen (secondary N) is 2. The SMILES string of the molecule is CCOC(=O)c1ccn(-c2cccc(NC(=O)NCC(O)c3cc(OC)ccc3OC)c2)n1. The van der Waals surface area contributed by atoms with E-state index in [2.05, 4.69) is 15.7 Å². The molecule has 174 valence electrons. The summed E-state index contributed by atoms with van der Waals surface area (Å²) in [7, 11) is 3.03. The van der Waals surface area contributed by atoms with Crippen LogP contribution in [0.2, 0.25) is 0 Å². The summed E-state index contributed by atoms with van der Waals surface area (Å²) in [5, 5.41) is 20.1. The molecule has 3 aromatic rings. The third kappa shape index (κ3) is 6.01. The molecule has 33 heavy (non-hydrogen) atoms. The predicted octanol–water partition coefficient (Wildman–Crippen LogP) is 2.92.